The summed E-state index contributed by atoms with van der Waals surface area (Å²) in [4.78, 5) is 25.9. The summed E-state index contributed by atoms with van der Waals surface area (Å²) in [6.07, 6.45) is 0.120. The number of esters is 1. The van der Waals surface area contributed by atoms with Crippen molar-refractivity contribution in [3.8, 4) is 0 Å². The second-order valence-electron chi connectivity index (χ2n) is 3.98. The van der Waals surface area contributed by atoms with E-state index in [-0.39, 0.29) is 24.5 Å². The van der Waals surface area contributed by atoms with E-state index in [0.717, 1.165) is 0 Å². The first kappa shape index (κ1) is 9.89. The Morgan fingerprint density at radius 3 is 2.46 bits per heavy atom. The van der Waals surface area contributed by atoms with Gasteiger partial charge in [-0.3, -0.25) is 9.79 Å². The van der Waals surface area contributed by atoms with Crippen LogP contribution in [0.1, 0.15) is 27.2 Å². The van der Waals surface area contributed by atoms with Crippen LogP contribution in [0.3, 0.4) is 0 Å². The van der Waals surface area contributed by atoms with Gasteiger partial charge in [0.25, 0.3) is 0 Å². The molecule has 1 aliphatic heterocycles. The molecule has 0 unspecified atom stereocenters. The van der Waals surface area contributed by atoms with Crippen molar-refractivity contribution in [2.45, 2.75) is 32.8 Å². The lowest BCUT2D eigenvalue weighted by atomic mass is 10.2. The van der Waals surface area contributed by atoms with Crippen LogP contribution in [-0.2, 0) is 14.3 Å². The van der Waals surface area contributed by atoms with E-state index in [1.807, 2.05) is 0 Å². The molecule has 0 radical (unpaired) electrons. The fourth-order valence-electron chi connectivity index (χ4n) is 0.956. The predicted molar refractivity (Wildman–Crippen MR) is 47.8 cm³/mol. The minimum absolute atomic E-state index is 0.0270. The number of ether oxygens (including phenoxy) is 1. The van der Waals surface area contributed by atoms with Crippen LogP contribution in [0.2, 0.25) is 0 Å². The van der Waals surface area contributed by atoms with Crippen LogP contribution < -0.4 is 0 Å². The van der Waals surface area contributed by atoms with E-state index >= 15 is 0 Å². The molecule has 0 amide bonds. The second-order valence-corrected chi connectivity index (χ2v) is 3.98. The molecule has 0 atom stereocenters. The molecule has 1 heterocycles. The normalized spacial score (nSPS) is 17.2. The molecule has 0 aromatic heterocycles. The number of hydrogen-bond donors (Lipinski definition) is 0. The minimum Gasteiger partial charge on any atom is -0.455 e. The summed E-state index contributed by atoms with van der Waals surface area (Å²) in [6, 6.07) is 0. The molecule has 0 N–H and O–H groups in total. The Kier molecular flexibility index (Phi) is 2.50. The molecule has 0 aliphatic carbocycles. The van der Waals surface area contributed by atoms with Gasteiger partial charge in [0.15, 0.2) is 5.78 Å². The zero-order valence-corrected chi connectivity index (χ0v) is 8.09. The number of Topliss-reactive ketones (excluding diaryl/α,β-unsaturated/α-hetero) is 1. The van der Waals surface area contributed by atoms with Crippen molar-refractivity contribution in [3.05, 3.63) is 0 Å². The lowest BCUT2D eigenvalue weighted by Gasteiger charge is -2.19. The van der Waals surface area contributed by atoms with Crippen molar-refractivity contribution in [2.24, 2.45) is 4.99 Å². The third-order valence-corrected chi connectivity index (χ3v) is 1.45. The molecule has 1 rings (SSSR count). The Morgan fingerprint density at radius 2 is 2.08 bits per heavy atom. The molecule has 13 heavy (non-hydrogen) atoms. The summed E-state index contributed by atoms with van der Waals surface area (Å²) < 4.78 is 5.05. The minimum atomic E-state index is -0.523. The topological polar surface area (TPSA) is 55.7 Å². The first-order valence-corrected chi connectivity index (χ1v) is 4.17. The Bertz CT molecular complexity index is 273. The van der Waals surface area contributed by atoms with Crippen molar-refractivity contribution in [1.29, 1.82) is 0 Å². The van der Waals surface area contributed by atoms with Gasteiger partial charge in [-0.1, -0.05) is 0 Å². The standard InChI is InChI=1S/C9H13NO3/c1-9(2,3)13-8(12)7-4-6(11)5-10-7/h4-5H2,1-3H3. The molecule has 0 bridgehead atoms. The largest absolute Gasteiger partial charge is 0.455 e. The highest BCUT2D eigenvalue weighted by molar-refractivity contribution is 6.41. The summed E-state index contributed by atoms with van der Waals surface area (Å²) in [7, 11) is 0. The number of carbonyl (C=O) groups excluding carboxylic acids is 2. The quantitative estimate of drug-likeness (QED) is 0.563. The van der Waals surface area contributed by atoms with E-state index in [2.05, 4.69) is 4.99 Å². The fraction of sp³-hybridized carbons (Fsp3) is 0.667. The van der Waals surface area contributed by atoms with Crippen LogP contribution in [-0.4, -0.2) is 29.6 Å². The van der Waals surface area contributed by atoms with Gasteiger partial charge in [0.05, 0.1) is 13.0 Å². The smallest absolute Gasteiger partial charge is 0.353 e. The fourth-order valence-corrected chi connectivity index (χ4v) is 0.956. The molecule has 4 nitrogen and oxygen atoms in total. The van der Waals surface area contributed by atoms with Gasteiger partial charge in [0, 0.05) is 0 Å². The maximum atomic E-state index is 11.3. The third-order valence-electron chi connectivity index (χ3n) is 1.45. The summed E-state index contributed by atoms with van der Waals surface area (Å²) in [6.45, 7) is 5.46. The van der Waals surface area contributed by atoms with E-state index in [1.165, 1.54) is 0 Å². The van der Waals surface area contributed by atoms with Crippen molar-refractivity contribution in [1.82, 2.24) is 0 Å². The average Bonchev–Trinajstić information content (AvgIpc) is 2.31. The number of hydrogen-bond acceptors (Lipinski definition) is 4. The molecule has 0 aromatic carbocycles. The zero-order chi connectivity index (χ0) is 10.1. The molecule has 72 valence electrons. The van der Waals surface area contributed by atoms with E-state index in [9.17, 15) is 9.59 Å². The average molecular weight is 183 g/mol. The summed E-state index contributed by atoms with van der Waals surface area (Å²) in [5.41, 5.74) is -0.273. The summed E-state index contributed by atoms with van der Waals surface area (Å²) in [5, 5.41) is 0. The highest BCUT2D eigenvalue weighted by atomic mass is 16.6. The molecule has 0 saturated heterocycles. The Hall–Kier alpha value is -1.19. The monoisotopic (exact) mass is 183 g/mol. The van der Waals surface area contributed by atoms with Gasteiger partial charge in [-0.2, -0.15) is 0 Å². The van der Waals surface area contributed by atoms with Crippen LogP contribution >= 0.6 is 0 Å². The van der Waals surface area contributed by atoms with Crippen molar-refractivity contribution in [3.63, 3.8) is 0 Å². The van der Waals surface area contributed by atoms with Gasteiger partial charge < -0.3 is 4.74 Å². The molecular formula is C9H13NO3. The third kappa shape index (κ3) is 2.97. The highest BCUT2D eigenvalue weighted by Gasteiger charge is 2.25. The van der Waals surface area contributed by atoms with E-state index < -0.39 is 11.6 Å². The molecule has 0 spiro atoms. The second kappa shape index (κ2) is 3.28. The molecular weight excluding hydrogens is 170 g/mol. The number of ketones is 1. The van der Waals surface area contributed by atoms with Gasteiger partial charge >= 0.3 is 5.97 Å². The highest BCUT2D eigenvalue weighted by Crippen LogP contribution is 2.10. The van der Waals surface area contributed by atoms with Crippen LogP contribution in [0.4, 0.5) is 0 Å². The molecule has 1 aliphatic rings. The maximum Gasteiger partial charge on any atom is 0.353 e. The van der Waals surface area contributed by atoms with Crippen molar-refractivity contribution >= 4 is 17.5 Å². The van der Waals surface area contributed by atoms with Gasteiger partial charge in [-0.05, 0) is 20.8 Å². The molecule has 0 fully saturated rings. The summed E-state index contributed by atoms with van der Waals surface area (Å²) >= 11 is 0. The molecule has 4 heteroatoms. The van der Waals surface area contributed by atoms with Crippen LogP contribution in [0.25, 0.3) is 0 Å². The summed E-state index contributed by atoms with van der Waals surface area (Å²) in [5.74, 6) is -0.501. The van der Waals surface area contributed by atoms with Gasteiger partial charge in [0.1, 0.15) is 11.3 Å². The van der Waals surface area contributed by atoms with E-state index in [0.29, 0.717) is 0 Å². The Morgan fingerprint density at radius 1 is 1.46 bits per heavy atom. The lowest BCUT2D eigenvalue weighted by molar-refractivity contribution is -0.146. The molecule has 0 aromatic rings. The SMILES string of the molecule is CC(C)(C)OC(=O)C1=NCC(=O)C1. The van der Waals surface area contributed by atoms with E-state index in [4.69, 9.17) is 4.74 Å². The van der Waals surface area contributed by atoms with Gasteiger partial charge in [0.2, 0.25) is 0 Å². The first-order chi connectivity index (χ1) is 5.88. The van der Waals surface area contributed by atoms with Crippen LogP contribution in [0, 0.1) is 0 Å². The number of nitrogens with zero attached hydrogens (tertiary/aromatic N) is 1. The molecule has 0 saturated carbocycles. The van der Waals surface area contributed by atoms with Crippen molar-refractivity contribution < 1.29 is 14.3 Å². The van der Waals surface area contributed by atoms with Gasteiger partial charge in [-0.25, -0.2) is 4.79 Å². The van der Waals surface area contributed by atoms with Crippen LogP contribution in [0.5, 0.6) is 0 Å². The Balaban J connectivity index is 2.55. The van der Waals surface area contributed by atoms with Gasteiger partial charge in [-0.15, -0.1) is 0 Å². The number of aliphatic imine (C=N–C) groups is 1. The number of rotatable bonds is 1. The van der Waals surface area contributed by atoms with E-state index in [1.54, 1.807) is 20.8 Å². The van der Waals surface area contributed by atoms with Crippen LogP contribution in [0.15, 0.2) is 4.99 Å². The number of carbonyl (C=O) groups is 2. The van der Waals surface area contributed by atoms with Crippen molar-refractivity contribution in [2.75, 3.05) is 6.54 Å². The predicted octanol–water partition coefficient (Wildman–Crippen LogP) is 0.742. The zero-order valence-electron chi connectivity index (χ0n) is 8.09. The maximum absolute atomic E-state index is 11.3. The first-order valence-electron chi connectivity index (χ1n) is 4.17. The Labute approximate surface area is 77.0 Å². The lowest BCUT2D eigenvalue weighted by Crippen LogP contribution is -2.28.